The van der Waals surface area contributed by atoms with Gasteiger partial charge in [-0.2, -0.15) is 0 Å². The van der Waals surface area contributed by atoms with E-state index in [2.05, 4.69) is 19.2 Å². The normalized spacial score (nSPS) is 26.3. The topological polar surface area (TPSA) is 47.3 Å². The molecule has 1 saturated carbocycles. The highest BCUT2D eigenvalue weighted by molar-refractivity contribution is 5.69. The van der Waals surface area contributed by atoms with Crippen LogP contribution in [0.25, 0.3) is 0 Å². The van der Waals surface area contributed by atoms with E-state index in [4.69, 9.17) is 10.5 Å². The first-order chi connectivity index (χ1) is 9.52. The van der Waals surface area contributed by atoms with E-state index in [-0.39, 0.29) is 5.75 Å². The summed E-state index contributed by atoms with van der Waals surface area (Å²) in [5.74, 6) is 1.15. The Morgan fingerprint density at radius 3 is 2.80 bits per heavy atom. The van der Waals surface area contributed by atoms with E-state index in [1.54, 1.807) is 6.07 Å². The summed E-state index contributed by atoms with van der Waals surface area (Å²) in [6.07, 6.45) is 3.64. The van der Waals surface area contributed by atoms with Crippen LogP contribution in [0.5, 0.6) is 5.75 Å². The van der Waals surface area contributed by atoms with Crippen LogP contribution in [0.2, 0.25) is 0 Å². The molecule has 3 unspecified atom stereocenters. The Hall–Kier alpha value is -1.45. The van der Waals surface area contributed by atoms with Gasteiger partial charge in [-0.1, -0.05) is 26.7 Å². The van der Waals surface area contributed by atoms with Crippen LogP contribution in [-0.4, -0.2) is 12.6 Å². The minimum atomic E-state index is -0.403. The fourth-order valence-electron chi connectivity index (χ4n) is 2.95. The highest BCUT2D eigenvalue weighted by Gasteiger charge is 2.27. The smallest absolute Gasteiger partial charge is 0.167 e. The number of nitrogens with one attached hydrogen (secondary N) is 1. The molecule has 0 saturated heterocycles. The quantitative estimate of drug-likeness (QED) is 0.818. The van der Waals surface area contributed by atoms with Crippen LogP contribution < -0.4 is 15.8 Å². The van der Waals surface area contributed by atoms with E-state index in [0.717, 1.165) is 12.1 Å². The van der Waals surface area contributed by atoms with Crippen LogP contribution in [0.1, 0.15) is 40.0 Å². The molecular formula is C16H25FN2O. The van der Waals surface area contributed by atoms with E-state index in [1.165, 1.54) is 18.9 Å². The maximum atomic E-state index is 13.7. The lowest BCUT2D eigenvalue weighted by atomic mass is 9.78. The van der Waals surface area contributed by atoms with Gasteiger partial charge in [-0.05, 0) is 25.2 Å². The lowest BCUT2D eigenvalue weighted by Crippen LogP contribution is -2.35. The number of benzene rings is 1. The molecule has 3 N–H and O–H groups in total. The Bertz CT molecular complexity index is 464. The predicted octanol–water partition coefficient (Wildman–Crippen LogP) is 4.04. The summed E-state index contributed by atoms with van der Waals surface area (Å²) < 4.78 is 19.0. The van der Waals surface area contributed by atoms with Crippen LogP contribution in [0.3, 0.4) is 0 Å². The zero-order valence-corrected chi connectivity index (χ0v) is 12.6. The summed E-state index contributed by atoms with van der Waals surface area (Å²) in [6, 6.07) is 3.41. The molecule has 0 radical (unpaired) electrons. The van der Waals surface area contributed by atoms with E-state index < -0.39 is 5.82 Å². The summed E-state index contributed by atoms with van der Waals surface area (Å²) in [5, 5.41) is 3.48. The van der Waals surface area contributed by atoms with Gasteiger partial charge in [0.05, 0.1) is 18.0 Å². The SMILES string of the molecule is CCOc1cc(NC2CCCC(C)C2C)c(N)cc1F. The third-order valence-electron chi connectivity index (χ3n) is 4.45. The number of rotatable bonds is 4. The summed E-state index contributed by atoms with van der Waals surface area (Å²) in [5.41, 5.74) is 7.15. The molecule has 1 aliphatic carbocycles. The number of halogens is 1. The van der Waals surface area contributed by atoms with Gasteiger partial charge in [-0.15, -0.1) is 0 Å². The predicted molar refractivity (Wildman–Crippen MR) is 81.6 cm³/mol. The number of hydrogen-bond donors (Lipinski definition) is 2. The second-order valence-electron chi connectivity index (χ2n) is 5.82. The molecule has 0 aromatic heterocycles. The number of anilines is 2. The zero-order valence-electron chi connectivity index (χ0n) is 12.6. The van der Waals surface area contributed by atoms with Gasteiger partial charge in [0.25, 0.3) is 0 Å². The molecule has 3 atom stereocenters. The number of nitrogens with two attached hydrogens (primary N) is 1. The summed E-state index contributed by atoms with van der Waals surface area (Å²) >= 11 is 0. The molecular weight excluding hydrogens is 255 g/mol. The molecule has 112 valence electrons. The van der Waals surface area contributed by atoms with Gasteiger partial charge in [0.15, 0.2) is 11.6 Å². The van der Waals surface area contributed by atoms with Crippen LogP contribution in [-0.2, 0) is 0 Å². The van der Waals surface area contributed by atoms with Crippen molar-refractivity contribution >= 4 is 11.4 Å². The van der Waals surface area contributed by atoms with Crippen molar-refractivity contribution in [3.05, 3.63) is 17.9 Å². The molecule has 0 bridgehead atoms. The van der Waals surface area contributed by atoms with Crippen molar-refractivity contribution in [1.29, 1.82) is 0 Å². The number of ether oxygens (including phenoxy) is 1. The summed E-state index contributed by atoms with van der Waals surface area (Å²) in [6.45, 7) is 6.84. The van der Waals surface area contributed by atoms with Gasteiger partial charge < -0.3 is 15.8 Å². The van der Waals surface area contributed by atoms with Crippen molar-refractivity contribution in [2.24, 2.45) is 11.8 Å². The lowest BCUT2D eigenvalue weighted by molar-refractivity contribution is 0.253. The number of hydrogen-bond acceptors (Lipinski definition) is 3. The first-order valence-corrected chi connectivity index (χ1v) is 7.51. The minimum Gasteiger partial charge on any atom is -0.491 e. The maximum Gasteiger partial charge on any atom is 0.167 e. The highest BCUT2D eigenvalue weighted by atomic mass is 19.1. The molecule has 0 spiro atoms. The average molecular weight is 280 g/mol. The molecule has 3 nitrogen and oxygen atoms in total. The number of nitrogen functional groups attached to an aromatic ring is 1. The van der Waals surface area contributed by atoms with Crippen molar-refractivity contribution < 1.29 is 9.13 Å². The van der Waals surface area contributed by atoms with Crippen molar-refractivity contribution in [2.45, 2.75) is 46.1 Å². The average Bonchev–Trinajstić information content (AvgIpc) is 2.40. The summed E-state index contributed by atoms with van der Waals surface area (Å²) in [4.78, 5) is 0. The standard InChI is InChI=1S/C16H25FN2O/c1-4-20-16-9-15(13(18)8-12(16)17)19-14-7-5-6-10(2)11(14)3/h8-11,14,19H,4-7,18H2,1-3H3. The third kappa shape index (κ3) is 3.17. The van der Waals surface area contributed by atoms with Gasteiger partial charge in [-0.25, -0.2) is 4.39 Å². The second kappa shape index (κ2) is 6.33. The van der Waals surface area contributed by atoms with Crippen LogP contribution in [0.15, 0.2) is 12.1 Å². The Labute approximate surface area is 120 Å². The molecule has 0 amide bonds. The van der Waals surface area contributed by atoms with Crippen molar-refractivity contribution in [3.63, 3.8) is 0 Å². The van der Waals surface area contributed by atoms with Crippen molar-refractivity contribution in [3.8, 4) is 5.75 Å². The largest absolute Gasteiger partial charge is 0.491 e. The fraction of sp³-hybridized carbons (Fsp3) is 0.625. The van der Waals surface area contributed by atoms with E-state index in [9.17, 15) is 4.39 Å². The maximum absolute atomic E-state index is 13.7. The Morgan fingerprint density at radius 2 is 2.10 bits per heavy atom. The lowest BCUT2D eigenvalue weighted by Gasteiger charge is -2.35. The van der Waals surface area contributed by atoms with Crippen LogP contribution in [0, 0.1) is 17.7 Å². The minimum absolute atomic E-state index is 0.265. The van der Waals surface area contributed by atoms with Gasteiger partial charge in [0.2, 0.25) is 0 Å². The molecule has 1 aromatic carbocycles. The van der Waals surface area contributed by atoms with Gasteiger partial charge in [0, 0.05) is 18.2 Å². The zero-order chi connectivity index (χ0) is 14.7. The van der Waals surface area contributed by atoms with Crippen molar-refractivity contribution in [1.82, 2.24) is 0 Å². The Morgan fingerprint density at radius 1 is 1.35 bits per heavy atom. The Balaban J connectivity index is 2.17. The van der Waals surface area contributed by atoms with Crippen molar-refractivity contribution in [2.75, 3.05) is 17.7 Å². The third-order valence-corrected chi connectivity index (χ3v) is 4.45. The molecule has 0 aliphatic heterocycles. The van der Waals surface area contributed by atoms with Crippen LogP contribution >= 0.6 is 0 Å². The molecule has 1 aromatic rings. The highest BCUT2D eigenvalue weighted by Crippen LogP contribution is 2.34. The van der Waals surface area contributed by atoms with Gasteiger partial charge in [0.1, 0.15) is 0 Å². The van der Waals surface area contributed by atoms with E-state index >= 15 is 0 Å². The Kier molecular flexibility index (Phi) is 4.73. The molecule has 2 rings (SSSR count). The van der Waals surface area contributed by atoms with E-state index in [1.807, 2.05) is 6.92 Å². The first kappa shape index (κ1) is 14.9. The van der Waals surface area contributed by atoms with E-state index in [0.29, 0.717) is 30.2 Å². The van der Waals surface area contributed by atoms with Gasteiger partial charge in [-0.3, -0.25) is 0 Å². The second-order valence-corrected chi connectivity index (χ2v) is 5.82. The fourth-order valence-corrected chi connectivity index (χ4v) is 2.95. The molecule has 1 fully saturated rings. The molecule has 20 heavy (non-hydrogen) atoms. The van der Waals surface area contributed by atoms with Gasteiger partial charge >= 0.3 is 0 Å². The van der Waals surface area contributed by atoms with Crippen LogP contribution in [0.4, 0.5) is 15.8 Å². The molecule has 1 aliphatic rings. The molecule has 0 heterocycles. The monoisotopic (exact) mass is 280 g/mol. The molecule has 4 heteroatoms. The first-order valence-electron chi connectivity index (χ1n) is 7.51. The summed E-state index contributed by atoms with van der Waals surface area (Å²) in [7, 11) is 0.